The van der Waals surface area contributed by atoms with Crippen LogP contribution in [0, 0.1) is 0 Å². The van der Waals surface area contributed by atoms with E-state index in [9.17, 15) is 9.59 Å². The van der Waals surface area contributed by atoms with Crippen LogP contribution in [0.15, 0.2) is 24.3 Å². The third-order valence-electron chi connectivity index (χ3n) is 2.94. The number of carbonyl (C=O) groups is 2. The van der Waals surface area contributed by atoms with Crippen molar-refractivity contribution in [2.75, 3.05) is 20.2 Å². The van der Waals surface area contributed by atoms with E-state index in [2.05, 4.69) is 5.32 Å². The summed E-state index contributed by atoms with van der Waals surface area (Å²) in [6.07, 6.45) is 2.20. The molecule has 0 heterocycles. The summed E-state index contributed by atoms with van der Waals surface area (Å²) < 4.78 is 5.03. The summed E-state index contributed by atoms with van der Waals surface area (Å²) in [4.78, 5) is 23.4. The summed E-state index contributed by atoms with van der Waals surface area (Å²) in [6, 6.07) is 6.89. The quantitative estimate of drug-likeness (QED) is 0.530. The topological polar surface area (TPSA) is 81.4 Å². The molecular weight excluding hydrogens is 256 g/mol. The highest BCUT2D eigenvalue weighted by molar-refractivity contribution is 5.98. The van der Waals surface area contributed by atoms with Gasteiger partial charge >= 0.3 is 0 Å². The smallest absolute Gasteiger partial charge is 0.220 e. The number of amides is 1. The van der Waals surface area contributed by atoms with Crippen LogP contribution in [0.5, 0.6) is 5.75 Å². The number of hydrogen-bond acceptors (Lipinski definition) is 4. The highest BCUT2D eigenvalue weighted by Crippen LogP contribution is 2.13. The molecule has 110 valence electrons. The molecular formula is C15H22N2O3. The molecule has 0 aromatic heterocycles. The molecule has 0 saturated heterocycles. The van der Waals surface area contributed by atoms with E-state index in [-0.39, 0.29) is 24.5 Å². The predicted molar refractivity (Wildman–Crippen MR) is 77.9 cm³/mol. The number of nitrogens with one attached hydrogen (secondary N) is 1. The summed E-state index contributed by atoms with van der Waals surface area (Å²) in [7, 11) is 1.58. The van der Waals surface area contributed by atoms with Crippen LogP contribution in [0.4, 0.5) is 0 Å². The van der Waals surface area contributed by atoms with Crippen molar-refractivity contribution < 1.29 is 14.3 Å². The molecule has 0 aliphatic heterocycles. The second-order valence-electron chi connectivity index (χ2n) is 4.50. The number of carbonyl (C=O) groups excluding carboxylic acids is 2. The molecule has 0 aliphatic rings. The molecule has 0 fully saturated rings. The summed E-state index contributed by atoms with van der Waals surface area (Å²) >= 11 is 0. The van der Waals surface area contributed by atoms with Gasteiger partial charge in [-0.15, -0.1) is 0 Å². The van der Waals surface area contributed by atoms with Crippen molar-refractivity contribution in [2.45, 2.75) is 25.7 Å². The van der Waals surface area contributed by atoms with Gasteiger partial charge < -0.3 is 15.8 Å². The maximum atomic E-state index is 11.9. The number of benzene rings is 1. The van der Waals surface area contributed by atoms with Crippen LogP contribution in [-0.2, 0) is 4.79 Å². The van der Waals surface area contributed by atoms with Crippen LogP contribution in [0.25, 0.3) is 0 Å². The minimum atomic E-state index is -0.0936. The van der Waals surface area contributed by atoms with Crippen molar-refractivity contribution in [1.82, 2.24) is 5.32 Å². The van der Waals surface area contributed by atoms with Gasteiger partial charge in [0.05, 0.1) is 7.11 Å². The van der Waals surface area contributed by atoms with E-state index in [1.807, 2.05) is 0 Å². The first-order valence-corrected chi connectivity index (χ1v) is 6.81. The lowest BCUT2D eigenvalue weighted by atomic mass is 10.1. The molecule has 0 aliphatic carbocycles. The molecule has 5 nitrogen and oxygen atoms in total. The predicted octanol–water partition coefficient (Wildman–Crippen LogP) is 1.51. The molecule has 3 N–H and O–H groups in total. The van der Waals surface area contributed by atoms with Gasteiger partial charge in [0.1, 0.15) is 5.75 Å². The van der Waals surface area contributed by atoms with E-state index in [1.54, 1.807) is 31.4 Å². The molecule has 1 amide bonds. The van der Waals surface area contributed by atoms with E-state index in [0.717, 1.165) is 12.8 Å². The van der Waals surface area contributed by atoms with Crippen LogP contribution in [0.3, 0.4) is 0 Å². The van der Waals surface area contributed by atoms with Gasteiger partial charge in [-0.3, -0.25) is 9.59 Å². The number of rotatable bonds is 9. The second-order valence-corrected chi connectivity index (χ2v) is 4.50. The van der Waals surface area contributed by atoms with Gasteiger partial charge in [-0.2, -0.15) is 0 Å². The Labute approximate surface area is 119 Å². The first kappa shape index (κ1) is 16.2. The van der Waals surface area contributed by atoms with E-state index < -0.39 is 0 Å². The average Bonchev–Trinajstić information content (AvgIpc) is 2.49. The largest absolute Gasteiger partial charge is 0.497 e. The Bertz CT molecular complexity index is 429. The average molecular weight is 278 g/mol. The monoisotopic (exact) mass is 278 g/mol. The second kappa shape index (κ2) is 9.09. The summed E-state index contributed by atoms with van der Waals surface area (Å²) in [5.74, 6) is 0.577. The molecule has 0 atom stereocenters. The SMILES string of the molecule is COc1ccc(C(=O)CCC(=O)NCCCCN)cc1. The highest BCUT2D eigenvalue weighted by Gasteiger charge is 2.09. The first-order chi connectivity index (χ1) is 9.67. The minimum Gasteiger partial charge on any atom is -0.497 e. The molecule has 0 spiro atoms. The van der Waals surface area contributed by atoms with Crippen LogP contribution in [0.1, 0.15) is 36.0 Å². The third kappa shape index (κ3) is 5.84. The van der Waals surface area contributed by atoms with Crippen molar-refractivity contribution in [1.29, 1.82) is 0 Å². The molecule has 1 aromatic carbocycles. The Balaban J connectivity index is 2.29. The number of ether oxygens (including phenoxy) is 1. The molecule has 1 aromatic rings. The third-order valence-corrected chi connectivity index (χ3v) is 2.94. The van der Waals surface area contributed by atoms with Gasteiger partial charge in [-0.1, -0.05) is 0 Å². The standard InChI is InChI=1S/C15H22N2O3/c1-20-13-6-4-12(5-7-13)14(18)8-9-15(19)17-11-3-2-10-16/h4-7H,2-3,8-11,16H2,1H3,(H,17,19). The molecule has 1 rings (SSSR count). The van der Waals surface area contributed by atoms with Crippen molar-refractivity contribution in [2.24, 2.45) is 5.73 Å². The van der Waals surface area contributed by atoms with Crippen molar-refractivity contribution in [3.8, 4) is 5.75 Å². The lowest BCUT2D eigenvalue weighted by Gasteiger charge is -2.05. The molecule has 0 saturated carbocycles. The van der Waals surface area contributed by atoms with Crippen LogP contribution >= 0.6 is 0 Å². The summed E-state index contributed by atoms with van der Waals surface area (Å²) in [5, 5.41) is 2.78. The number of nitrogens with two attached hydrogens (primary N) is 1. The van der Waals surface area contributed by atoms with Crippen LogP contribution in [-0.4, -0.2) is 31.9 Å². The van der Waals surface area contributed by atoms with E-state index >= 15 is 0 Å². The lowest BCUT2D eigenvalue weighted by molar-refractivity contribution is -0.121. The zero-order valence-corrected chi connectivity index (χ0v) is 11.9. The normalized spacial score (nSPS) is 10.1. The zero-order chi connectivity index (χ0) is 14.8. The first-order valence-electron chi connectivity index (χ1n) is 6.81. The molecule has 5 heteroatoms. The summed E-state index contributed by atoms with van der Waals surface area (Å²) in [6.45, 7) is 1.25. The maximum absolute atomic E-state index is 11.9. The fourth-order valence-electron chi connectivity index (χ4n) is 1.73. The Morgan fingerprint density at radius 3 is 2.45 bits per heavy atom. The van der Waals surface area contributed by atoms with Gasteiger partial charge in [0.2, 0.25) is 5.91 Å². The Morgan fingerprint density at radius 1 is 1.15 bits per heavy atom. The Hall–Kier alpha value is -1.88. The minimum absolute atomic E-state index is 0.0373. The Kier molecular flexibility index (Phi) is 7.35. The fourth-order valence-corrected chi connectivity index (χ4v) is 1.73. The zero-order valence-electron chi connectivity index (χ0n) is 11.9. The maximum Gasteiger partial charge on any atom is 0.220 e. The molecule has 0 radical (unpaired) electrons. The molecule has 20 heavy (non-hydrogen) atoms. The van der Waals surface area contributed by atoms with Gasteiger partial charge in [-0.25, -0.2) is 0 Å². The van der Waals surface area contributed by atoms with Gasteiger partial charge in [0.15, 0.2) is 5.78 Å². The number of methoxy groups -OCH3 is 1. The fraction of sp³-hybridized carbons (Fsp3) is 0.467. The van der Waals surface area contributed by atoms with Crippen molar-refractivity contribution in [3.63, 3.8) is 0 Å². The Morgan fingerprint density at radius 2 is 1.85 bits per heavy atom. The van der Waals surface area contributed by atoms with Crippen molar-refractivity contribution >= 4 is 11.7 Å². The summed E-state index contributed by atoms with van der Waals surface area (Å²) in [5.41, 5.74) is 5.96. The molecule has 0 unspecified atom stereocenters. The van der Waals surface area contributed by atoms with Crippen molar-refractivity contribution in [3.05, 3.63) is 29.8 Å². The number of Topliss-reactive ketones (excluding diaryl/α,β-unsaturated/α-hetero) is 1. The van der Waals surface area contributed by atoms with E-state index in [4.69, 9.17) is 10.5 Å². The van der Waals surface area contributed by atoms with Crippen LogP contribution < -0.4 is 15.8 Å². The van der Waals surface area contributed by atoms with E-state index in [0.29, 0.717) is 24.4 Å². The molecule has 0 bridgehead atoms. The lowest BCUT2D eigenvalue weighted by Crippen LogP contribution is -2.25. The number of unbranched alkanes of at least 4 members (excludes halogenated alkanes) is 1. The van der Waals surface area contributed by atoms with E-state index in [1.165, 1.54) is 0 Å². The number of ketones is 1. The number of hydrogen-bond donors (Lipinski definition) is 2. The highest BCUT2D eigenvalue weighted by atomic mass is 16.5. The van der Waals surface area contributed by atoms with Crippen LogP contribution in [0.2, 0.25) is 0 Å². The van der Waals surface area contributed by atoms with Gasteiger partial charge in [-0.05, 0) is 43.7 Å². The van der Waals surface area contributed by atoms with Gasteiger partial charge in [0.25, 0.3) is 0 Å². The van der Waals surface area contributed by atoms with Gasteiger partial charge in [0, 0.05) is 24.9 Å².